The monoisotopic (exact) mass is 275 g/mol. The van der Waals surface area contributed by atoms with Crippen LogP contribution in [0.25, 0.3) is 0 Å². The van der Waals surface area contributed by atoms with Gasteiger partial charge in [-0.1, -0.05) is 0 Å². The minimum Gasteiger partial charge on any atom is -0.313 e. The highest BCUT2D eigenvalue weighted by atomic mass is 32.2. The molecular weight excluding hydrogens is 250 g/mol. The highest BCUT2D eigenvalue weighted by Gasteiger charge is 2.28. The van der Waals surface area contributed by atoms with Crippen molar-refractivity contribution in [3.8, 4) is 0 Å². The molecule has 106 valence electrons. The first kappa shape index (κ1) is 14.2. The molecule has 1 N–H and O–H groups in total. The number of hydrogen-bond donors (Lipinski definition) is 1. The minimum absolute atomic E-state index is 0.156. The van der Waals surface area contributed by atoms with Crippen LogP contribution in [0.1, 0.15) is 19.3 Å². The van der Waals surface area contributed by atoms with Crippen LogP contribution in [-0.4, -0.2) is 69.7 Å². The third kappa shape index (κ3) is 3.66. The quantitative estimate of drug-likeness (QED) is 0.764. The van der Waals surface area contributed by atoms with E-state index in [1.165, 1.54) is 0 Å². The van der Waals surface area contributed by atoms with E-state index < -0.39 is 10.0 Å². The molecule has 0 saturated carbocycles. The predicted octanol–water partition coefficient (Wildman–Crippen LogP) is -0.0483. The molecule has 0 aromatic carbocycles. The Hall–Kier alpha value is -0.170. The summed E-state index contributed by atoms with van der Waals surface area (Å²) in [7, 11) is 0.723. The zero-order chi connectivity index (χ0) is 13.2. The maximum atomic E-state index is 12.2. The second kappa shape index (κ2) is 5.86. The summed E-state index contributed by atoms with van der Waals surface area (Å²) in [5.74, 6) is 0.748. The van der Waals surface area contributed by atoms with E-state index in [0.29, 0.717) is 12.5 Å². The topological polar surface area (TPSA) is 52.7 Å². The average Bonchev–Trinajstić information content (AvgIpc) is 2.90. The van der Waals surface area contributed by atoms with Crippen molar-refractivity contribution in [3.63, 3.8) is 0 Å². The lowest BCUT2D eigenvalue weighted by molar-refractivity contribution is 0.356. The fourth-order valence-electron chi connectivity index (χ4n) is 2.93. The van der Waals surface area contributed by atoms with Gasteiger partial charge in [-0.15, -0.1) is 0 Å². The summed E-state index contributed by atoms with van der Waals surface area (Å²) in [5, 5.41) is 3.25. The Morgan fingerprint density at radius 1 is 1.39 bits per heavy atom. The van der Waals surface area contributed by atoms with Crippen LogP contribution in [0.3, 0.4) is 0 Å². The number of rotatable bonds is 5. The van der Waals surface area contributed by atoms with Gasteiger partial charge in [0.1, 0.15) is 0 Å². The van der Waals surface area contributed by atoms with Gasteiger partial charge in [0, 0.05) is 26.2 Å². The Labute approximate surface area is 111 Å². The van der Waals surface area contributed by atoms with E-state index in [-0.39, 0.29) is 11.8 Å². The van der Waals surface area contributed by atoms with Gasteiger partial charge in [-0.2, -0.15) is 0 Å². The first-order valence-electron chi connectivity index (χ1n) is 6.83. The molecule has 2 aliphatic rings. The third-order valence-electron chi connectivity index (χ3n) is 4.05. The number of nitrogens with one attached hydrogen (secondary N) is 1. The molecular formula is C12H25N3O2S. The molecule has 2 fully saturated rings. The van der Waals surface area contributed by atoms with Crippen LogP contribution < -0.4 is 5.32 Å². The van der Waals surface area contributed by atoms with Gasteiger partial charge in [0.25, 0.3) is 0 Å². The second-order valence-corrected chi connectivity index (χ2v) is 7.89. The normalized spacial score (nSPS) is 30.4. The van der Waals surface area contributed by atoms with E-state index >= 15 is 0 Å². The van der Waals surface area contributed by atoms with Gasteiger partial charge in [0.15, 0.2) is 0 Å². The molecule has 6 heteroatoms. The van der Waals surface area contributed by atoms with Gasteiger partial charge in [0.2, 0.25) is 10.0 Å². The number of hydrogen-bond acceptors (Lipinski definition) is 4. The Kier molecular flexibility index (Phi) is 4.64. The van der Waals surface area contributed by atoms with E-state index in [1.807, 2.05) is 0 Å². The molecule has 0 bridgehead atoms. The maximum absolute atomic E-state index is 12.2. The maximum Gasteiger partial charge on any atom is 0.215 e. The molecule has 0 aromatic heterocycles. The SMILES string of the molecule is CN1CCC(CN(C)S(=O)(=O)CC2CCCN2)C1. The average molecular weight is 275 g/mol. The van der Waals surface area contributed by atoms with Crippen molar-refractivity contribution in [1.82, 2.24) is 14.5 Å². The first-order chi connectivity index (χ1) is 8.47. The van der Waals surface area contributed by atoms with Crippen molar-refractivity contribution in [3.05, 3.63) is 0 Å². The second-order valence-electron chi connectivity index (χ2n) is 5.77. The highest BCUT2D eigenvalue weighted by Crippen LogP contribution is 2.17. The van der Waals surface area contributed by atoms with Gasteiger partial charge in [-0.3, -0.25) is 0 Å². The van der Waals surface area contributed by atoms with Crippen LogP contribution in [0, 0.1) is 5.92 Å². The summed E-state index contributed by atoms with van der Waals surface area (Å²) in [6.45, 7) is 3.72. The summed E-state index contributed by atoms with van der Waals surface area (Å²) < 4.78 is 26.0. The molecule has 2 heterocycles. The molecule has 18 heavy (non-hydrogen) atoms. The molecule has 0 radical (unpaired) electrons. The van der Waals surface area contributed by atoms with E-state index in [2.05, 4.69) is 17.3 Å². The van der Waals surface area contributed by atoms with Crippen molar-refractivity contribution in [1.29, 1.82) is 0 Å². The van der Waals surface area contributed by atoms with Crippen LogP contribution in [0.4, 0.5) is 0 Å². The highest BCUT2D eigenvalue weighted by molar-refractivity contribution is 7.89. The number of likely N-dealkylation sites (tertiary alicyclic amines) is 1. The van der Waals surface area contributed by atoms with Crippen molar-refractivity contribution in [2.24, 2.45) is 5.92 Å². The zero-order valence-corrected chi connectivity index (χ0v) is 12.2. The largest absolute Gasteiger partial charge is 0.313 e. The van der Waals surface area contributed by atoms with Crippen molar-refractivity contribution in [2.45, 2.75) is 25.3 Å². The first-order valence-corrected chi connectivity index (χ1v) is 8.44. The lowest BCUT2D eigenvalue weighted by Gasteiger charge is -2.22. The molecule has 0 aliphatic carbocycles. The Morgan fingerprint density at radius 2 is 2.17 bits per heavy atom. The van der Waals surface area contributed by atoms with E-state index in [4.69, 9.17) is 0 Å². The molecule has 2 unspecified atom stereocenters. The Balaban J connectivity index is 1.84. The van der Waals surface area contributed by atoms with E-state index in [0.717, 1.165) is 38.9 Å². The summed E-state index contributed by atoms with van der Waals surface area (Å²) in [4.78, 5) is 2.27. The third-order valence-corrected chi connectivity index (χ3v) is 5.98. The lowest BCUT2D eigenvalue weighted by atomic mass is 10.1. The van der Waals surface area contributed by atoms with Gasteiger partial charge in [-0.05, 0) is 45.3 Å². The molecule has 2 atom stereocenters. The number of nitrogens with zero attached hydrogens (tertiary/aromatic N) is 2. The van der Waals surface area contributed by atoms with Gasteiger partial charge in [0.05, 0.1) is 5.75 Å². The molecule has 0 amide bonds. The van der Waals surface area contributed by atoms with Crippen LogP contribution >= 0.6 is 0 Å². The lowest BCUT2D eigenvalue weighted by Crippen LogP contribution is -2.40. The van der Waals surface area contributed by atoms with E-state index in [9.17, 15) is 8.42 Å². The molecule has 2 saturated heterocycles. The van der Waals surface area contributed by atoms with Gasteiger partial charge < -0.3 is 10.2 Å². The Morgan fingerprint density at radius 3 is 2.72 bits per heavy atom. The molecule has 5 nitrogen and oxygen atoms in total. The van der Waals surface area contributed by atoms with E-state index in [1.54, 1.807) is 11.4 Å². The smallest absolute Gasteiger partial charge is 0.215 e. The van der Waals surface area contributed by atoms with Crippen molar-refractivity contribution in [2.75, 3.05) is 46.0 Å². The fourth-order valence-corrected chi connectivity index (χ4v) is 4.42. The van der Waals surface area contributed by atoms with Crippen molar-refractivity contribution < 1.29 is 8.42 Å². The summed E-state index contributed by atoms with van der Waals surface area (Å²) >= 11 is 0. The predicted molar refractivity (Wildman–Crippen MR) is 73.0 cm³/mol. The van der Waals surface area contributed by atoms with Crippen LogP contribution in [0.5, 0.6) is 0 Å². The molecule has 0 spiro atoms. The number of sulfonamides is 1. The van der Waals surface area contributed by atoms with Crippen LogP contribution in [0.2, 0.25) is 0 Å². The zero-order valence-electron chi connectivity index (χ0n) is 11.4. The molecule has 2 aliphatic heterocycles. The summed E-state index contributed by atoms with van der Waals surface area (Å²) in [5.41, 5.74) is 0. The van der Waals surface area contributed by atoms with Gasteiger partial charge >= 0.3 is 0 Å². The molecule has 0 aromatic rings. The fraction of sp³-hybridized carbons (Fsp3) is 1.00. The minimum atomic E-state index is -3.10. The standard InChI is InChI=1S/C12H25N3O2S/c1-14-7-5-11(8-14)9-15(2)18(16,17)10-12-4-3-6-13-12/h11-13H,3-10H2,1-2H3. The van der Waals surface area contributed by atoms with Crippen molar-refractivity contribution >= 4 is 10.0 Å². The molecule has 2 rings (SSSR count). The van der Waals surface area contributed by atoms with Crippen LogP contribution in [0.15, 0.2) is 0 Å². The Bertz CT molecular complexity index is 366. The van der Waals surface area contributed by atoms with Crippen LogP contribution in [-0.2, 0) is 10.0 Å². The summed E-state index contributed by atoms with van der Waals surface area (Å²) in [6.07, 6.45) is 3.19. The summed E-state index contributed by atoms with van der Waals surface area (Å²) in [6, 6.07) is 0.156. The van der Waals surface area contributed by atoms with Gasteiger partial charge in [-0.25, -0.2) is 12.7 Å².